The molecule has 0 aliphatic carbocycles. The van der Waals surface area contributed by atoms with Crippen LogP contribution in [0.3, 0.4) is 0 Å². The smallest absolute Gasteiger partial charge is 0.0740 e. The Balaban J connectivity index is 2.85. The molecule has 0 saturated heterocycles. The van der Waals surface area contributed by atoms with Crippen LogP contribution in [0, 0.1) is 5.92 Å². The first kappa shape index (κ1) is 9.68. The maximum Gasteiger partial charge on any atom is 0.0740 e. The second kappa shape index (κ2) is 3.54. The van der Waals surface area contributed by atoms with Crippen molar-refractivity contribution >= 4 is 11.5 Å². The number of nitrogens with zero attached hydrogens (tertiary/aromatic N) is 1. The third-order valence-corrected chi connectivity index (χ3v) is 3.19. The molecule has 0 saturated carbocycles. The number of rotatable bonds is 3. The van der Waals surface area contributed by atoms with E-state index in [0.29, 0.717) is 5.92 Å². The Morgan fingerprint density at radius 2 is 2.42 bits per heavy atom. The molecule has 1 aromatic rings. The lowest BCUT2D eigenvalue weighted by molar-refractivity contribution is 0.310. The van der Waals surface area contributed by atoms with Gasteiger partial charge in [-0.2, -0.15) is 4.37 Å². The molecule has 0 radical (unpaired) electrons. The van der Waals surface area contributed by atoms with Gasteiger partial charge in [0, 0.05) is 5.38 Å². The molecule has 0 fully saturated rings. The highest BCUT2D eigenvalue weighted by atomic mass is 32.1. The predicted molar refractivity (Wildman–Crippen MR) is 53.1 cm³/mol. The summed E-state index contributed by atoms with van der Waals surface area (Å²) in [5, 5.41) is 1.98. The van der Waals surface area contributed by atoms with Crippen LogP contribution >= 0.6 is 11.5 Å². The Bertz CT molecular complexity index is 229. The van der Waals surface area contributed by atoms with Crippen molar-refractivity contribution in [3.63, 3.8) is 0 Å². The minimum absolute atomic E-state index is 0.269. The summed E-state index contributed by atoms with van der Waals surface area (Å²) in [5.74, 6) is 0.472. The van der Waals surface area contributed by atoms with Gasteiger partial charge in [-0.3, -0.25) is 0 Å². The van der Waals surface area contributed by atoms with Gasteiger partial charge in [0.15, 0.2) is 0 Å². The van der Waals surface area contributed by atoms with Gasteiger partial charge in [-0.1, -0.05) is 20.3 Å². The highest BCUT2D eigenvalue weighted by Gasteiger charge is 2.28. The van der Waals surface area contributed by atoms with E-state index in [-0.39, 0.29) is 5.54 Å². The van der Waals surface area contributed by atoms with Crippen molar-refractivity contribution in [3.8, 4) is 0 Å². The fraction of sp³-hybridized carbons (Fsp3) is 0.667. The lowest BCUT2D eigenvalue weighted by Crippen LogP contribution is -2.39. The molecule has 2 unspecified atom stereocenters. The van der Waals surface area contributed by atoms with Crippen molar-refractivity contribution in [1.82, 2.24) is 4.37 Å². The van der Waals surface area contributed by atoms with Gasteiger partial charge >= 0.3 is 0 Å². The summed E-state index contributed by atoms with van der Waals surface area (Å²) in [7, 11) is 0. The van der Waals surface area contributed by atoms with E-state index in [4.69, 9.17) is 5.73 Å². The average Bonchev–Trinajstić information content (AvgIpc) is 2.55. The standard InChI is InChI=1S/C9H16N2S/c1-4-7(2)9(3,10)8-5-6-12-11-8/h5-7H,4,10H2,1-3H3. The Morgan fingerprint density at radius 3 is 2.83 bits per heavy atom. The minimum atomic E-state index is -0.269. The largest absolute Gasteiger partial charge is 0.320 e. The highest BCUT2D eigenvalue weighted by molar-refractivity contribution is 7.03. The summed E-state index contributed by atoms with van der Waals surface area (Å²) in [4.78, 5) is 0. The van der Waals surface area contributed by atoms with Crippen LogP contribution < -0.4 is 5.73 Å². The monoisotopic (exact) mass is 184 g/mol. The van der Waals surface area contributed by atoms with Gasteiger partial charge < -0.3 is 5.73 Å². The van der Waals surface area contributed by atoms with E-state index in [2.05, 4.69) is 25.1 Å². The molecule has 0 aliphatic rings. The zero-order valence-electron chi connectivity index (χ0n) is 7.87. The molecule has 0 bridgehead atoms. The molecule has 0 aliphatic heterocycles. The first-order chi connectivity index (χ1) is 5.59. The van der Waals surface area contributed by atoms with E-state index >= 15 is 0 Å². The fourth-order valence-electron chi connectivity index (χ4n) is 1.17. The topological polar surface area (TPSA) is 38.9 Å². The maximum absolute atomic E-state index is 6.18. The van der Waals surface area contributed by atoms with Crippen molar-refractivity contribution in [1.29, 1.82) is 0 Å². The van der Waals surface area contributed by atoms with Crippen molar-refractivity contribution in [3.05, 3.63) is 17.1 Å². The van der Waals surface area contributed by atoms with Gasteiger partial charge in [-0.15, -0.1) is 0 Å². The number of hydrogen-bond donors (Lipinski definition) is 1. The van der Waals surface area contributed by atoms with E-state index in [9.17, 15) is 0 Å². The molecule has 0 amide bonds. The van der Waals surface area contributed by atoms with Crippen molar-refractivity contribution in [2.24, 2.45) is 11.7 Å². The van der Waals surface area contributed by atoms with Gasteiger partial charge in [0.05, 0.1) is 11.2 Å². The average molecular weight is 184 g/mol. The summed E-state index contributed by atoms with van der Waals surface area (Å²) in [6, 6.07) is 2.01. The molecule has 1 heterocycles. The summed E-state index contributed by atoms with van der Waals surface area (Å²) < 4.78 is 4.27. The van der Waals surface area contributed by atoms with E-state index in [0.717, 1.165) is 12.1 Å². The second-order valence-electron chi connectivity index (χ2n) is 3.48. The van der Waals surface area contributed by atoms with Crippen LogP contribution in [0.5, 0.6) is 0 Å². The maximum atomic E-state index is 6.18. The minimum Gasteiger partial charge on any atom is -0.320 e. The first-order valence-corrected chi connectivity index (χ1v) is 5.12. The third-order valence-electron chi connectivity index (χ3n) is 2.63. The normalized spacial score (nSPS) is 18.7. The van der Waals surface area contributed by atoms with Crippen LogP contribution in [0.2, 0.25) is 0 Å². The van der Waals surface area contributed by atoms with Crippen LogP contribution in [0.4, 0.5) is 0 Å². The quantitative estimate of drug-likeness (QED) is 0.783. The van der Waals surface area contributed by atoms with E-state index < -0.39 is 0 Å². The molecule has 68 valence electrons. The van der Waals surface area contributed by atoms with Crippen molar-refractivity contribution in [2.45, 2.75) is 32.7 Å². The lowest BCUT2D eigenvalue weighted by atomic mass is 9.83. The third kappa shape index (κ3) is 1.67. The van der Waals surface area contributed by atoms with Gasteiger partial charge in [-0.25, -0.2) is 0 Å². The SMILES string of the molecule is CCC(C)C(C)(N)c1ccsn1. The Labute approximate surface area is 78.0 Å². The molecule has 2 N–H and O–H groups in total. The van der Waals surface area contributed by atoms with E-state index in [1.54, 1.807) is 0 Å². The van der Waals surface area contributed by atoms with E-state index in [1.165, 1.54) is 11.5 Å². The van der Waals surface area contributed by atoms with Gasteiger partial charge in [0.2, 0.25) is 0 Å². The number of hydrogen-bond acceptors (Lipinski definition) is 3. The molecule has 2 nitrogen and oxygen atoms in total. The van der Waals surface area contributed by atoms with Gasteiger partial charge in [-0.05, 0) is 30.4 Å². The van der Waals surface area contributed by atoms with Crippen molar-refractivity contribution in [2.75, 3.05) is 0 Å². The Kier molecular flexibility index (Phi) is 2.85. The molecular weight excluding hydrogens is 168 g/mol. The first-order valence-electron chi connectivity index (χ1n) is 4.28. The van der Waals surface area contributed by atoms with Gasteiger partial charge in [0.1, 0.15) is 0 Å². The van der Waals surface area contributed by atoms with Crippen LogP contribution in [0.25, 0.3) is 0 Å². The van der Waals surface area contributed by atoms with Crippen LogP contribution in [0.1, 0.15) is 32.9 Å². The summed E-state index contributed by atoms with van der Waals surface area (Å²) in [6.07, 6.45) is 1.09. The summed E-state index contributed by atoms with van der Waals surface area (Å²) in [6.45, 7) is 6.37. The van der Waals surface area contributed by atoms with Crippen LogP contribution in [-0.2, 0) is 5.54 Å². The molecule has 2 atom stereocenters. The summed E-state index contributed by atoms with van der Waals surface area (Å²) >= 11 is 1.46. The molecular formula is C9H16N2S. The molecule has 12 heavy (non-hydrogen) atoms. The summed E-state index contributed by atoms with van der Waals surface area (Å²) in [5.41, 5.74) is 6.93. The van der Waals surface area contributed by atoms with E-state index in [1.807, 2.05) is 11.4 Å². The van der Waals surface area contributed by atoms with Crippen LogP contribution in [-0.4, -0.2) is 4.37 Å². The molecule has 1 aromatic heterocycles. The second-order valence-corrected chi connectivity index (χ2v) is 4.14. The Hall–Kier alpha value is -0.410. The number of aromatic nitrogens is 1. The molecule has 3 heteroatoms. The van der Waals surface area contributed by atoms with Gasteiger partial charge in [0.25, 0.3) is 0 Å². The highest BCUT2D eigenvalue weighted by Crippen LogP contribution is 2.27. The zero-order chi connectivity index (χ0) is 9.19. The molecule has 0 spiro atoms. The Morgan fingerprint density at radius 1 is 1.75 bits per heavy atom. The van der Waals surface area contributed by atoms with Crippen LogP contribution in [0.15, 0.2) is 11.4 Å². The number of nitrogens with two attached hydrogens (primary N) is 1. The van der Waals surface area contributed by atoms with Crippen molar-refractivity contribution < 1.29 is 0 Å². The predicted octanol–water partition coefficient (Wildman–Crippen LogP) is 2.36. The fourth-order valence-corrected chi connectivity index (χ4v) is 1.79. The lowest BCUT2D eigenvalue weighted by Gasteiger charge is -2.29. The molecule has 1 rings (SSSR count). The molecule has 0 aromatic carbocycles. The zero-order valence-corrected chi connectivity index (χ0v) is 8.69.